The Balaban J connectivity index is 1.28. The van der Waals surface area contributed by atoms with Crippen LogP contribution in [0.2, 0.25) is 0 Å². The van der Waals surface area contributed by atoms with Crippen LogP contribution in [0.3, 0.4) is 0 Å². The molecule has 7 nitrogen and oxygen atoms in total. The molecule has 1 saturated heterocycles. The maximum absolute atomic E-state index is 12.8. The van der Waals surface area contributed by atoms with Crippen molar-refractivity contribution in [3.05, 3.63) is 83.1 Å². The van der Waals surface area contributed by atoms with Crippen LogP contribution in [0.1, 0.15) is 50.3 Å². The Morgan fingerprint density at radius 3 is 2.19 bits per heavy atom. The van der Waals surface area contributed by atoms with Gasteiger partial charge in [0.2, 0.25) is 0 Å². The number of aromatic nitrogens is 2. The molecule has 186 valence electrons. The molecule has 1 aromatic heterocycles. The normalized spacial score (nSPS) is 18.1. The molecule has 0 atom stereocenters. The highest BCUT2D eigenvalue weighted by Gasteiger charge is 2.52. The van der Waals surface area contributed by atoms with E-state index < -0.39 is 24.4 Å². The standard InChI is InChI=1S/C28H32BN3O4/c1-27(2)28(3,4)36-29(35-27)20(14-19-15-31-32(5)17-19)16-30-26(33)34-18-25-23-12-8-6-10-21(23)22-11-7-9-13-24(22)25/h6-15,17,25H,16,18H2,1-5H3,(H,30,33). The monoisotopic (exact) mass is 485 g/mol. The van der Waals surface area contributed by atoms with Crippen molar-refractivity contribution in [3.8, 4) is 11.1 Å². The lowest BCUT2D eigenvalue weighted by atomic mass is 9.77. The van der Waals surface area contributed by atoms with Gasteiger partial charge in [-0.3, -0.25) is 4.68 Å². The summed E-state index contributed by atoms with van der Waals surface area (Å²) in [5.41, 5.74) is 5.47. The number of ether oxygens (including phenoxy) is 1. The van der Waals surface area contributed by atoms with Gasteiger partial charge in [0.05, 0.1) is 17.4 Å². The van der Waals surface area contributed by atoms with E-state index in [2.05, 4.69) is 34.7 Å². The van der Waals surface area contributed by atoms with Gasteiger partial charge in [-0.15, -0.1) is 0 Å². The molecule has 36 heavy (non-hydrogen) atoms. The molecule has 1 aliphatic heterocycles. The van der Waals surface area contributed by atoms with Crippen LogP contribution in [0.25, 0.3) is 17.2 Å². The van der Waals surface area contributed by atoms with Crippen LogP contribution >= 0.6 is 0 Å². The molecule has 0 saturated carbocycles. The second-order valence-electron chi connectivity index (χ2n) is 10.4. The number of rotatable bonds is 6. The zero-order chi connectivity index (χ0) is 25.5. The van der Waals surface area contributed by atoms with Crippen LogP contribution in [0.15, 0.2) is 66.4 Å². The van der Waals surface area contributed by atoms with Gasteiger partial charge in [-0.25, -0.2) is 4.79 Å². The Kier molecular flexibility index (Phi) is 6.26. The van der Waals surface area contributed by atoms with Crippen molar-refractivity contribution < 1.29 is 18.8 Å². The van der Waals surface area contributed by atoms with Crippen LogP contribution in [-0.4, -0.2) is 47.3 Å². The van der Waals surface area contributed by atoms with Crippen LogP contribution in [0.4, 0.5) is 4.79 Å². The third-order valence-corrected chi connectivity index (χ3v) is 7.41. The first-order valence-electron chi connectivity index (χ1n) is 12.3. The maximum atomic E-state index is 12.8. The lowest BCUT2D eigenvalue weighted by Crippen LogP contribution is -2.41. The van der Waals surface area contributed by atoms with Crippen LogP contribution < -0.4 is 5.32 Å². The first-order chi connectivity index (χ1) is 17.1. The highest BCUT2D eigenvalue weighted by atomic mass is 16.7. The zero-order valence-electron chi connectivity index (χ0n) is 21.4. The number of benzene rings is 2. The largest absolute Gasteiger partial charge is 0.492 e. The molecule has 5 rings (SSSR count). The summed E-state index contributed by atoms with van der Waals surface area (Å²) in [4.78, 5) is 12.8. The summed E-state index contributed by atoms with van der Waals surface area (Å²) in [6, 6.07) is 16.6. The van der Waals surface area contributed by atoms with Crippen LogP contribution in [0.5, 0.6) is 0 Å². The number of carbonyl (C=O) groups is 1. The molecule has 1 fully saturated rings. The highest BCUT2D eigenvalue weighted by molar-refractivity contribution is 6.56. The van der Waals surface area contributed by atoms with Gasteiger partial charge in [-0.05, 0) is 55.4 Å². The van der Waals surface area contributed by atoms with Crippen molar-refractivity contribution in [3.63, 3.8) is 0 Å². The molecule has 0 bridgehead atoms. The van der Waals surface area contributed by atoms with Crippen molar-refractivity contribution >= 4 is 19.3 Å². The lowest BCUT2D eigenvalue weighted by molar-refractivity contribution is 0.00578. The summed E-state index contributed by atoms with van der Waals surface area (Å²) >= 11 is 0. The summed E-state index contributed by atoms with van der Waals surface area (Å²) in [5.74, 6) is 0.0108. The zero-order valence-corrected chi connectivity index (χ0v) is 21.4. The van der Waals surface area contributed by atoms with E-state index in [4.69, 9.17) is 14.0 Å². The molecule has 1 N–H and O–H groups in total. The summed E-state index contributed by atoms with van der Waals surface area (Å²) in [7, 11) is 1.27. The summed E-state index contributed by atoms with van der Waals surface area (Å²) in [5, 5.41) is 7.13. The SMILES string of the molecule is Cn1cc(C=C(CNC(=O)OCC2c3ccccc3-c3ccccc32)B2OC(C)(C)C(C)(C)O2)cn1. The second kappa shape index (κ2) is 9.26. The highest BCUT2D eigenvalue weighted by Crippen LogP contribution is 2.44. The molecule has 3 aromatic rings. The molecule has 2 aromatic carbocycles. The van der Waals surface area contributed by atoms with E-state index in [1.165, 1.54) is 22.3 Å². The molecule has 0 radical (unpaired) electrons. The van der Waals surface area contributed by atoms with Crippen molar-refractivity contribution in [2.45, 2.75) is 44.8 Å². The van der Waals surface area contributed by atoms with Gasteiger partial charge in [0, 0.05) is 31.3 Å². The van der Waals surface area contributed by atoms with Gasteiger partial charge in [-0.2, -0.15) is 5.10 Å². The fraction of sp³-hybridized carbons (Fsp3) is 0.357. The van der Waals surface area contributed by atoms with Gasteiger partial charge in [0.25, 0.3) is 0 Å². The Morgan fingerprint density at radius 1 is 1.06 bits per heavy atom. The van der Waals surface area contributed by atoms with E-state index in [1.54, 1.807) is 10.9 Å². The quantitative estimate of drug-likeness (QED) is 0.499. The molecule has 2 aliphatic rings. The van der Waals surface area contributed by atoms with E-state index in [0.29, 0.717) is 0 Å². The molecule has 8 heteroatoms. The first kappa shape index (κ1) is 24.3. The van der Waals surface area contributed by atoms with Crippen molar-refractivity contribution in [2.24, 2.45) is 7.05 Å². The lowest BCUT2D eigenvalue weighted by Gasteiger charge is -2.32. The number of fused-ring (bicyclic) bond motifs is 3. The van der Waals surface area contributed by atoms with Gasteiger partial charge in [0.15, 0.2) is 0 Å². The average molecular weight is 485 g/mol. The topological polar surface area (TPSA) is 74.6 Å². The number of nitrogens with zero attached hydrogens (tertiary/aromatic N) is 2. The van der Waals surface area contributed by atoms with Crippen molar-refractivity contribution in [2.75, 3.05) is 13.2 Å². The smallest absolute Gasteiger partial charge is 0.449 e. The average Bonchev–Trinajstić information content (AvgIpc) is 3.46. The van der Waals surface area contributed by atoms with Crippen LogP contribution in [-0.2, 0) is 21.1 Å². The number of aryl methyl sites for hydroxylation is 1. The van der Waals surface area contributed by atoms with Crippen molar-refractivity contribution in [1.82, 2.24) is 15.1 Å². The van der Waals surface area contributed by atoms with E-state index >= 15 is 0 Å². The third-order valence-electron chi connectivity index (χ3n) is 7.41. The number of carbonyl (C=O) groups excluding carboxylic acids is 1. The number of amides is 1. The number of nitrogens with one attached hydrogen (secondary N) is 1. The number of hydrogen-bond donors (Lipinski definition) is 1. The minimum atomic E-state index is -0.593. The third kappa shape index (κ3) is 4.58. The molecule has 0 spiro atoms. The number of alkyl carbamates (subject to hydrolysis) is 1. The molecule has 1 amide bonds. The Morgan fingerprint density at radius 2 is 1.64 bits per heavy atom. The minimum Gasteiger partial charge on any atom is -0.449 e. The number of hydrogen-bond acceptors (Lipinski definition) is 5. The van der Waals surface area contributed by atoms with E-state index in [1.807, 2.05) is 71.3 Å². The Labute approximate surface area is 212 Å². The van der Waals surface area contributed by atoms with E-state index in [-0.39, 0.29) is 19.1 Å². The molecule has 0 unspecified atom stereocenters. The second-order valence-corrected chi connectivity index (χ2v) is 10.4. The predicted octanol–water partition coefficient (Wildman–Crippen LogP) is 4.97. The molecular formula is C28H32BN3O4. The van der Waals surface area contributed by atoms with Gasteiger partial charge < -0.3 is 19.4 Å². The fourth-order valence-electron chi connectivity index (χ4n) is 4.75. The maximum Gasteiger partial charge on any atom is 0.492 e. The van der Waals surface area contributed by atoms with E-state index in [0.717, 1.165) is 11.0 Å². The van der Waals surface area contributed by atoms with Gasteiger partial charge in [0.1, 0.15) is 6.61 Å². The van der Waals surface area contributed by atoms with E-state index in [9.17, 15) is 4.79 Å². The minimum absolute atomic E-state index is 0.0108. The summed E-state index contributed by atoms with van der Waals surface area (Å²) < 4.78 is 19.9. The van der Waals surface area contributed by atoms with Gasteiger partial charge >= 0.3 is 13.2 Å². The molecule has 1 aliphatic carbocycles. The molecule has 2 heterocycles. The molecular weight excluding hydrogens is 453 g/mol. The predicted molar refractivity (Wildman–Crippen MR) is 140 cm³/mol. The fourth-order valence-corrected chi connectivity index (χ4v) is 4.75. The van der Waals surface area contributed by atoms with Gasteiger partial charge in [-0.1, -0.05) is 54.6 Å². The first-order valence-corrected chi connectivity index (χ1v) is 12.3. The summed E-state index contributed by atoms with van der Waals surface area (Å²) in [6.45, 7) is 8.52. The van der Waals surface area contributed by atoms with Crippen LogP contribution in [0, 0.1) is 0 Å². The summed E-state index contributed by atoms with van der Waals surface area (Å²) in [6.07, 6.45) is 5.13. The Hall–Kier alpha value is -3.36. The Bertz CT molecular complexity index is 1250. The van der Waals surface area contributed by atoms with Crippen molar-refractivity contribution in [1.29, 1.82) is 0 Å².